The molecule has 1 unspecified atom stereocenters. The molecule has 0 saturated carbocycles. The van der Waals surface area contributed by atoms with Gasteiger partial charge in [-0.2, -0.15) is 0 Å². The van der Waals surface area contributed by atoms with Gasteiger partial charge in [-0.25, -0.2) is 0 Å². The molecule has 0 aromatic heterocycles. The minimum Gasteiger partial charge on any atom is -0.493 e. The van der Waals surface area contributed by atoms with Gasteiger partial charge < -0.3 is 33.5 Å². The summed E-state index contributed by atoms with van der Waals surface area (Å²) in [6, 6.07) is 7.27. The third-order valence-corrected chi connectivity index (χ3v) is 6.31. The highest BCUT2D eigenvalue weighted by Gasteiger charge is 2.41. The fraction of sp³-hybridized carbons (Fsp3) is 0.400. The Bertz CT molecular complexity index is 1150. The average molecular weight is 454 g/mol. The minimum atomic E-state index is -0.488. The van der Waals surface area contributed by atoms with Crippen LogP contribution in [0.1, 0.15) is 30.5 Å². The van der Waals surface area contributed by atoms with Crippen molar-refractivity contribution in [2.75, 3.05) is 27.4 Å². The van der Waals surface area contributed by atoms with Crippen LogP contribution in [-0.4, -0.2) is 50.7 Å². The largest absolute Gasteiger partial charge is 0.493 e. The highest BCUT2D eigenvalue weighted by Crippen LogP contribution is 2.52. The zero-order valence-electron chi connectivity index (χ0n) is 19.0. The lowest BCUT2D eigenvalue weighted by molar-refractivity contribution is -0.134. The first-order chi connectivity index (χ1) is 15.9. The number of aliphatic hydroxyl groups is 1. The zero-order chi connectivity index (χ0) is 23.3. The van der Waals surface area contributed by atoms with Gasteiger partial charge in [-0.3, -0.25) is 4.79 Å². The molecule has 0 saturated heterocycles. The summed E-state index contributed by atoms with van der Waals surface area (Å²) in [7, 11) is 3.12. The van der Waals surface area contributed by atoms with Gasteiger partial charge in [0.05, 0.1) is 25.4 Å². The first kappa shape index (κ1) is 21.5. The van der Waals surface area contributed by atoms with E-state index < -0.39 is 12.1 Å². The number of hydrogen-bond donors (Lipinski definition) is 1. The highest BCUT2D eigenvalue weighted by atomic mass is 16.6. The molecule has 5 rings (SSSR count). The molecule has 3 aliphatic heterocycles. The minimum absolute atomic E-state index is 0.0250. The lowest BCUT2D eigenvalue weighted by Gasteiger charge is -2.35. The Morgan fingerprint density at radius 2 is 1.88 bits per heavy atom. The first-order valence-corrected chi connectivity index (χ1v) is 10.9. The van der Waals surface area contributed by atoms with Gasteiger partial charge in [0.15, 0.2) is 17.6 Å². The van der Waals surface area contributed by atoms with Gasteiger partial charge in [-0.1, -0.05) is 6.92 Å². The third kappa shape index (κ3) is 3.45. The molecule has 8 nitrogen and oxygen atoms in total. The summed E-state index contributed by atoms with van der Waals surface area (Å²) < 4.78 is 35.2. The van der Waals surface area contributed by atoms with E-state index >= 15 is 0 Å². The predicted molar refractivity (Wildman–Crippen MR) is 119 cm³/mol. The maximum atomic E-state index is 12.1. The van der Waals surface area contributed by atoms with Crippen LogP contribution in [0.15, 0.2) is 24.3 Å². The number of methoxy groups -OCH3 is 2. The predicted octanol–water partition coefficient (Wildman–Crippen LogP) is 3.22. The second-order valence-corrected chi connectivity index (χ2v) is 8.40. The summed E-state index contributed by atoms with van der Waals surface area (Å²) in [6.45, 7) is 3.59. The molecule has 3 atom stereocenters. The van der Waals surface area contributed by atoms with Crippen molar-refractivity contribution in [3.63, 3.8) is 0 Å². The quantitative estimate of drug-likeness (QED) is 0.689. The van der Waals surface area contributed by atoms with E-state index in [-0.39, 0.29) is 25.2 Å². The second kappa shape index (κ2) is 8.19. The van der Waals surface area contributed by atoms with Crippen LogP contribution in [0.4, 0.5) is 0 Å². The third-order valence-electron chi connectivity index (χ3n) is 6.31. The van der Waals surface area contributed by atoms with Crippen molar-refractivity contribution in [1.82, 2.24) is 0 Å². The number of ether oxygens (including phenoxy) is 6. The summed E-state index contributed by atoms with van der Waals surface area (Å²) in [4.78, 5) is 12.1. The number of hydrogen-bond acceptors (Lipinski definition) is 8. The van der Waals surface area contributed by atoms with Crippen molar-refractivity contribution < 1.29 is 38.3 Å². The lowest BCUT2D eigenvalue weighted by atomic mass is 9.89. The van der Waals surface area contributed by atoms with Gasteiger partial charge in [0.25, 0.3) is 0 Å². The molecular formula is C25H26O8. The summed E-state index contributed by atoms with van der Waals surface area (Å²) in [6.07, 6.45) is -0.0426. The molecule has 2 aromatic carbocycles. The molecule has 0 amide bonds. The van der Waals surface area contributed by atoms with E-state index in [0.717, 1.165) is 11.1 Å². The van der Waals surface area contributed by atoms with Crippen LogP contribution in [0.2, 0.25) is 0 Å². The van der Waals surface area contributed by atoms with Gasteiger partial charge in [-0.05, 0) is 18.2 Å². The number of aliphatic hydroxyl groups excluding tert-OH is 1. The van der Waals surface area contributed by atoms with E-state index in [9.17, 15) is 9.90 Å². The molecule has 8 heteroatoms. The average Bonchev–Trinajstić information content (AvgIpc) is 3.26. The standard InChI is InChI=1S/C25H26O8/c1-12(10-26)18-8-16-17(32-18)6-5-14-24(16)33-22-11-30-19-9-21(29-4)20(28-3)7-15(19)23(22)25(14)31-13(2)27/h5-7,9,12,18,22,26H,8,10-11H2,1-4H3/t12?,18-,22-/m1/s1. The van der Waals surface area contributed by atoms with Crippen molar-refractivity contribution in [3.05, 3.63) is 41.0 Å². The van der Waals surface area contributed by atoms with Crippen molar-refractivity contribution in [1.29, 1.82) is 0 Å². The van der Waals surface area contributed by atoms with E-state index in [4.69, 9.17) is 28.4 Å². The molecule has 0 fully saturated rings. The van der Waals surface area contributed by atoms with E-state index in [1.54, 1.807) is 20.3 Å². The van der Waals surface area contributed by atoms with Gasteiger partial charge in [0.1, 0.15) is 35.7 Å². The Morgan fingerprint density at radius 3 is 2.58 bits per heavy atom. The number of esters is 1. The Hall–Kier alpha value is -3.39. The van der Waals surface area contributed by atoms with Crippen LogP contribution in [0.3, 0.4) is 0 Å². The number of carbonyl (C=O) groups excluding carboxylic acids is 1. The number of fused-ring (bicyclic) bond motifs is 6. The molecule has 3 aliphatic rings. The maximum absolute atomic E-state index is 12.1. The van der Waals surface area contributed by atoms with Crippen LogP contribution in [0.25, 0.3) is 11.3 Å². The van der Waals surface area contributed by atoms with Gasteiger partial charge >= 0.3 is 5.97 Å². The molecular weight excluding hydrogens is 428 g/mol. The van der Waals surface area contributed by atoms with Crippen molar-refractivity contribution in [2.45, 2.75) is 32.5 Å². The Labute approximate surface area is 191 Å². The summed E-state index contributed by atoms with van der Waals surface area (Å²) in [5.41, 5.74) is 3.02. The molecule has 0 radical (unpaired) electrons. The normalized spacial score (nSPS) is 20.8. The fourth-order valence-electron chi connectivity index (χ4n) is 4.58. The Kier molecular flexibility index (Phi) is 5.32. The molecule has 0 bridgehead atoms. The second-order valence-electron chi connectivity index (χ2n) is 8.40. The lowest BCUT2D eigenvalue weighted by Crippen LogP contribution is -2.34. The van der Waals surface area contributed by atoms with Crippen molar-refractivity contribution >= 4 is 17.3 Å². The summed E-state index contributed by atoms with van der Waals surface area (Å²) in [5.74, 6) is 2.99. The van der Waals surface area contributed by atoms with E-state index in [1.165, 1.54) is 6.92 Å². The number of rotatable bonds is 5. The maximum Gasteiger partial charge on any atom is 0.308 e. The molecule has 3 heterocycles. The smallest absolute Gasteiger partial charge is 0.308 e. The highest BCUT2D eigenvalue weighted by molar-refractivity contribution is 5.99. The first-order valence-electron chi connectivity index (χ1n) is 10.9. The van der Waals surface area contributed by atoms with Crippen LogP contribution in [0.5, 0.6) is 28.7 Å². The summed E-state index contributed by atoms with van der Waals surface area (Å²) in [5, 5.41) is 9.57. The Balaban J connectivity index is 1.68. The van der Waals surface area contributed by atoms with E-state index in [1.807, 2.05) is 25.1 Å². The molecule has 2 aromatic rings. The van der Waals surface area contributed by atoms with Crippen LogP contribution >= 0.6 is 0 Å². The fourth-order valence-corrected chi connectivity index (χ4v) is 4.58. The van der Waals surface area contributed by atoms with Gasteiger partial charge in [0.2, 0.25) is 0 Å². The van der Waals surface area contributed by atoms with Crippen LogP contribution in [0, 0.1) is 5.92 Å². The molecule has 0 spiro atoms. The molecule has 1 N–H and O–H groups in total. The van der Waals surface area contributed by atoms with E-state index in [2.05, 4.69) is 0 Å². The number of carbonyl (C=O) groups is 1. The summed E-state index contributed by atoms with van der Waals surface area (Å²) >= 11 is 0. The van der Waals surface area contributed by atoms with Gasteiger partial charge in [0, 0.05) is 43.1 Å². The van der Waals surface area contributed by atoms with Crippen molar-refractivity contribution in [2.24, 2.45) is 5.92 Å². The topological polar surface area (TPSA) is 92.7 Å². The monoisotopic (exact) mass is 454 g/mol. The van der Waals surface area contributed by atoms with Gasteiger partial charge in [-0.15, -0.1) is 0 Å². The molecule has 0 aliphatic carbocycles. The molecule has 33 heavy (non-hydrogen) atoms. The molecule has 174 valence electrons. The van der Waals surface area contributed by atoms with Crippen LogP contribution < -0.4 is 23.7 Å². The van der Waals surface area contributed by atoms with Crippen LogP contribution in [-0.2, 0) is 16.0 Å². The number of benzene rings is 2. The van der Waals surface area contributed by atoms with E-state index in [0.29, 0.717) is 52.1 Å². The van der Waals surface area contributed by atoms with Crippen molar-refractivity contribution in [3.8, 4) is 28.7 Å². The SMILES string of the molecule is COc1cc2c(cc1OC)C1=C(OC(C)=O)c3ccc4c(c3O[C@@H]1CO2)C[C@H](C(C)CO)O4. The zero-order valence-corrected chi connectivity index (χ0v) is 19.0. The Morgan fingerprint density at radius 1 is 1.12 bits per heavy atom.